The molecule has 68 valence electrons. The first kappa shape index (κ1) is 9.03. The summed E-state index contributed by atoms with van der Waals surface area (Å²) in [6, 6.07) is 0. The lowest BCUT2D eigenvalue weighted by atomic mass is 9.87. The molecule has 1 aliphatic rings. The van der Waals surface area contributed by atoms with Gasteiger partial charge in [0.1, 0.15) is 11.5 Å². The molecule has 1 aliphatic heterocycles. The Labute approximate surface area is 70.5 Å². The van der Waals surface area contributed by atoms with E-state index in [9.17, 15) is 9.59 Å². The summed E-state index contributed by atoms with van der Waals surface area (Å²) in [5.41, 5.74) is -0.803. The van der Waals surface area contributed by atoms with Crippen molar-refractivity contribution >= 4 is 11.9 Å². The first-order valence-electron chi connectivity index (χ1n) is 3.94. The van der Waals surface area contributed by atoms with E-state index in [0.29, 0.717) is 6.42 Å². The predicted molar refractivity (Wildman–Crippen MR) is 40.5 cm³/mol. The van der Waals surface area contributed by atoms with Gasteiger partial charge < -0.3 is 9.84 Å². The molecule has 1 N–H and O–H groups in total. The van der Waals surface area contributed by atoms with Gasteiger partial charge in [-0.1, -0.05) is 6.92 Å². The zero-order valence-corrected chi connectivity index (χ0v) is 7.16. The van der Waals surface area contributed by atoms with Crippen molar-refractivity contribution in [3.05, 3.63) is 0 Å². The Morgan fingerprint density at radius 3 is 2.75 bits per heavy atom. The van der Waals surface area contributed by atoms with Crippen LogP contribution in [-0.4, -0.2) is 22.6 Å². The van der Waals surface area contributed by atoms with Gasteiger partial charge in [-0.3, -0.25) is 9.59 Å². The zero-order valence-electron chi connectivity index (χ0n) is 7.16. The third-order valence-corrected chi connectivity index (χ3v) is 2.46. The molecule has 1 saturated heterocycles. The Hall–Kier alpha value is -1.06. The van der Waals surface area contributed by atoms with Crippen molar-refractivity contribution < 1.29 is 19.4 Å². The minimum atomic E-state index is -0.954. The van der Waals surface area contributed by atoms with Crippen LogP contribution in [0.1, 0.15) is 26.7 Å². The van der Waals surface area contributed by atoms with E-state index in [1.54, 1.807) is 6.92 Å². The van der Waals surface area contributed by atoms with Gasteiger partial charge in [-0.25, -0.2) is 0 Å². The van der Waals surface area contributed by atoms with Crippen LogP contribution in [0.15, 0.2) is 0 Å². The molecule has 0 aliphatic carbocycles. The van der Waals surface area contributed by atoms with E-state index in [-0.39, 0.29) is 6.42 Å². The summed E-state index contributed by atoms with van der Waals surface area (Å²) in [4.78, 5) is 21.5. The largest absolute Gasteiger partial charge is 0.481 e. The van der Waals surface area contributed by atoms with Gasteiger partial charge in [-0.2, -0.15) is 0 Å². The average Bonchev–Trinajstić information content (AvgIpc) is 2.27. The maximum absolute atomic E-state index is 10.8. The molecule has 4 heteroatoms. The highest BCUT2D eigenvalue weighted by Crippen LogP contribution is 2.35. The normalized spacial score (nSPS) is 34.8. The van der Waals surface area contributed by atoms with Gasteiger partial charge in [0, 0.05) is 0 Å². The van der Waals surface area contributed by atoms with E-state index in [1.807, 2.05) is 6.92 Å². The number of hydrogen-bond acceptors (Lipinski definition) is 3. The van der Waals surface area contributed by atoms with Crippen molar-refractivity contribution in [1.82, 2.24) is 0 Å². The summed E-state index contributed by atoms with van der Waals surface area (Å²) < 4.78 is 4.95. The number of cyclic esters (lactones) is 1. The molecular weight excluding hydrogens is 160 g/mol. The van der Waals surface area contributed by atoms with Crippen LogP contribution in [-0.2, 0) is 14.3 Å². The lowest BCUT2D eigenvalue weighted by molar-refractivity contribution is -0.153. The standard InChI is InChI=1S/C8H12O4/c1-3-8(2)5(7(10)11)4-6(9)12-8/h5H,3-4H2,1-2H3,(H,10,11)/t5-,8-/m0/s1. The zero-order chi connectivity index (χ0) is 9.35. The Kier molecular flexibility index (Phi) is 2.08. The van der Waals surface area contributed by atoms with Crippen molar-refractivity contribution in [3.8, 4) is 0 Å². The molecule has 0 saturated carbocycles. The number of rotatable bonds is 2. The molecule has 0 spiro atoms. The maximum Gasteiger partial charge on any atom is 0.311 e. The second-order valence-corrected chi connectivity index (χ2v) is 3.24. The summed E-state index contributed by atoms with van der Waals surface area (Å²) in [6.45, 7) is 3.48. The molecule has 0 aromatic heterocycles. The summed E-state index contributed by atoms with van der Waals surface area (Å²) >= 11 is 0. The van der Waals surface area contributed by atoms with E-state index >= 15 is 0 Å². The monoisotopic (exact) mass is 172 g/mol. The minimum Gasteiger partial charge on any atom is -0.481 e. The number of aliphatic carboxylic acids is 1. The van der Waals surface area contributed by atoms with Crippen molar-refractivity contribution in [2.75, 3.05) is 0 Å². The average molecular weight is 172 g/mol. The topological polar surface area (TPSA) is 63.6 Å². The summed E-state index contributed by atoms with van der Waals surface area (Å²) in [5, 5.41) is 8.77. The van der Waals surface area contributed by atoms with Gasteiger partial charge in [-0.05, 0) is 13.3 Å². The first-order valence-corrected chi connectivity index (χ1v) is 3.94. The van der Waals surface area contributed by atoms with Gasteiger partial charge >= 0.3 is 11.9 Å². The molecule has 0 unspecified atom stereocenters. The maximum atomic E-state index is 10.8. The highest BCUT2D eigenvalue weighted by Gasteiger charge is 2.48. The minimum absolute atomic E-state index is 0.000324. The SMILES string of the molecule is CC[C@]1(C)OC(=O)C[C@H]1C(=O)O. The summed E-state index contributed by atoms with van der Waals surface area (Å²) in [6.07, 6.45) is 0.537. The molecule has 0 amide bonds. The van der Waals surface area contributed by atoms with Crippen LogP contribution in [0.2, 0.25) is 0 Å². The van der Waals surface area contributed by atoms with Crippen molar-refractivity contribution in [3.63, 3.8) is 0 Å². The van der Waals surface area contributed by atoms with E-state index in [1.165, 1.54) is 0 Å². The van der Waals surface area contributed by atoms with E-state index in [4.69, 9.17) is 9.84 Å². The third kappa shape index (κ3) is 1.29. The third-order valence-electron chi connectivity index (χ3n) is 2.46. The van der Waals surface area contributed by atoms with Crippen LogP contribution >= 0.6 is 0 Å². The van der Waals surface area contributed by atoms with Gasteiger partial charge in [0.25, 0.3) is 0 Å². The number of carboxylic acids is 1. The van der Waals surface area contributed by atoms with E-state index in [0.717, 1.165) is 0 Å². The number of carboxylic acid groups (broad SMARTS) is 1. The number of hydrogen-bond donors (Lipinski definition) is 1. The molecular formula is C8H12O4. The first-order chi connectivity index (χ1) is 5.49. The lowest BCUT2D eigenvalue weighted by Gasteiger charge is -2.24. The summed E-state index contributed by atoms with van der Waals surface area (Å²) in [7, 11) is 0. The van der Waals surface area contributed by atoms with Gasteiger partial charge in [-0.15, -0.1) is 0 Å². The molecule has 1 heterocycles. The van der Waals surface area contributed by atoms with E-state index in [2.05, 4.69) is 0 Å². The van der Waals surface area contributed by atoms with Gasteiger partial charge in [0.15, 0.2) is 0 Å². The molecule has 0 aromatic carbocycles. The van der Waals surface area contributed by atoms with Crippen molar-refractivity contribution in [2.24, 2.45) is 5.92 Å². The van der Waals surface area contributed by atoms with Crippen LogP contribution in [0.4, 0.5) is 0 Å². The Bertz CT molecular complexity index is 223. The number of esters is 1. The molecule has 4 nitrogen and oxygen atoms in total. The highest BCUT2D eigenvalue weighted by atomic mass is 16.6. The van der Waals surface area contributed by atoms with Crippen molar-refractivity contribution in [1.29, 1.82) is 0 Å². The fourth-order valence-electron chi connectivity index (χ4n) is 1.42. The Morgan fingerprint density at radius 2 is 2.42 bits per heavy atom. The second kappa shape index (κ2) is 2.77. The Balaban J connectivity index is 2.86. The van der Waals surface area contributed by atoms with Crippen LogP contribution < -0.4 is 0 Å². The lowest BCUT2D eigenvalue weighted by Crippen LogP contribution is -2.35. The molecule has 0 bridgehead atoms. The van der Waals surface area contributed by atoms with E-state index < -0.39 is 23.5 Å². The highest BCUT2D eigenvalue weighted by molar-refractivity contribution is 5.83. The van der Waals surface area contributed by atoms with Gasteiger partial charge in [0.2, 0.25) is 0 Å². The predicted octanol–water partition coefficient (Wildman–Crippen LogP) is 0.803. The van der Waals surface area contributed by atoms with Crippen molar-refractivity contribution in [2.45, 2.75) is 32.3 Å². The number of carbonyl (C=O) groups excluding carboxylic acids is 1. The van der Waals surface area contributed by atoms with Crippen LogP contribution in [0.5, 0.6) is 0 Å². The molecule has 12 heavy (non-hydrogen) atoms. The van der Waals surface area contributed by atoms with Gasteiger partial charge in [0.05, 0.1) is 6.42 Å². The molecule has 0 radical (unpaired) electrons. The number of ether oxygens (including phenoxy) is 1. The fourth-order valence-corrected chi connectivity index (χ4v) is 1.42. The Morgan fingerprint density at radius 1 is 1.83 bits per heavy atom. The smallest absolute Gasteiger partial charge is 0.311 e. The molecule has 0 aromatic rings. The molecule has 1 rings (SSSR count). The van der Waals surface area contributed by atoms with Crippen LogP contribution in [0, 0.1) is 5.92 Å². The number of carbonyl (C=O) groups is 2. The van der Waals surface area contributed by atoms with Crippen LogP contribution in [0.25, 0.3) is 0 Å². The summed E-state index contributed by atoms with van der Waals surface area (Å²) in [5.74, 6) is -2.05. The second-order valence-electron chi connectivity index (χ2n) is 3.24. The van der Waals surface area contributed by atoms with Crippen LogP contribution in [0.3, 0.4) is 0 Å². The molecule has 2 atom stereocenters. The quantitative estimate of drug-likeness (QED) is 0.626. The fraction of sp³-hybridized carbons (Fsp3) is 0.750. The molecule has 1 fully saturated rings.